The van der Waals surface area contributed by atoms with Crippen LogP contribution in [0.5, 0.6) is 0 Å². The zero-order chi connectivity index (χ0) is 17.0. The van der Waals surface area contributed by atoms with Crippen LogP contribution in [0.3, 0.4) is 0 Å². The molecular weight excluding hydrogens is 296 g/mol. The number of nitrogens with zero attached hydrogens (tertiary/aromatic N) is 1. The van der Waals surface area contributed by atoms with Gasteiger partial charge in [0, 0.05) is 19.1 Å². The van der Waals surface area contributed by atoms with Gasteiger partial charge in [0.05, 0.1) is 0 Å². The minimum Gasteiger partial charge on any atom is -0.480 e. The molecular formula is C17H24N2O4. The van der Waals surface area contributed by atoms with Crippen LogP contribution in [0.4, 0.5) is 4.79 Å². The van der Waals surface area contributed by atoms with Crippen molar-refractivity contribution in [3.8, 4) is 0 Å². The highest BCUT2D eigenvalue weighted by Gasteiger charge is 2.34. The summed E-state index contributed by atoms with van der Waals surface area (Å²) in [7, 11) is 0. The molecule has 1 aromatic rings. The summed E-state index contributed by atoms with van der Waals surface area (Å²) in [4.78, 5) is 25.4. The molecule has 1 unspecified atom stereocenters. The van der Waals surface area contributed by atoms with Gasteiger partial charge < -0.3 is 15.2 Å². The highest BCUT2D eigenvalue weighted by molar-refractivity contribution is 5.75. The Bertz CT molecular complexity index is 553. The lowest BCUT2D eigenvalue weighted by molar-refractivity contribution is -0.143. The molecule has 0 bridgehead atoms. The fourth-order valence-electron chi connectivity index (χ4n) is 2.76. The van der Waals surface area contributed by atoms with Gasteiger partial charge in [0.15, 0.2) is 0 Å². The number of benzene rings is 1. The lowest BCUT2D eigenvalue weighted by Crippen LogP contribution is -2.41. The summed E-state index contributed by atoms with van der Waals surface area (Å²) in [5, 5.41) is 12.4. The maximum absolute atomic E-state index is 11.8. The minimum atomic E-state index is -0.880. The van der Waals surface area contributed by atoms with Crippen LogP contribution in [0.25, 0.3) is 0 Å². The number of hydrogen-bond donors (Lipinski definition) is 2. The molecule has 23 heavy (non-hydrogen) atoms. The molecule has 0 saturated carbocycles. The van der Waals surface area contributed by atoms with Gasteiger partial charge in [-0.2, -0.15) is 0 Å². The largest absolute Gasteiger partial charge is 0.480 e. The first-order valence-corrected chi connectivity index (χ1v) is 7.77. The molecule has 126 valence electrons. The third-order valence-corrected chi connectivity index (χ3v) is 3.65. The van der Waals surface area contributed by atoms with Crippen LogP contribution in [0.2, 0.25) is 0 Å². The van der Waals surface area contributed by atoms with Gasteiger partial charge in [-0.1, -0.05) is 30.3 Å². The number of aliphatic carboxylic acids is 1. The Morgan fingerprint density at radius 3 is 2.52 bits per heavy atom. The van der Waals surface area contributed by atoms with Gasteiger partial charge in [-0.25, -0.2) is 4.79 Å². The third kappa shape index (κ3) is 4.96. The molecule has 6 nitrogen and oxygen atoms in total. The summed E-state index contributed by atoms with van der Waals surface area (Å²) in [5.74, 6) is -0.880. The number of nitrogens with one attached hydrogen (secondary N) is 1. The minimum absolute atomic E-state index is 0.101. The first kappa shape index (κ1) is 17.3. The molecule has 0 spiro atoms. The number of rotatable bonds is 4. The predicted octanol–water partition coefficient (Wildman–Crippen LogP) is 2.41. The molecule has 1 amide bonds. The Labute approximate surface area is 136 Å². The molecule has 1 aliphatic rings. The fourth-order valence-corrected chi connectivity index (χ4v) is 2.76. The van der Waals surface area contributed by atoms with Gasteiger partial charge in [0.2, 0.25) is 0 Å². The van der Waals surface area contributed by atoms with E-state index in [9.17, 15) is 14.7 Å². The number of ether oxygens (including phenoxy) is 1. The van der Waals surface area contributed by atoms with E-state index in [0.717, 1.165) is 5.56 Å². The van der Waals surface area contributed by atoms with E-state index in [1.54, 1.807) is 0 Å². The molecule has 0 aliphatic carbocycles. The number of hydrogen-bond acceptors (Lipinski definition) is 4. The third-order valence-electron chi connectivity index (χ3n) is 3.65. The van der Waals surface area contributed by atoms with Crippen LogP contribution in [0.15, 0.2) is 30.3 Å². The maximum atomic E-state index is 11.8. The van der Waals surface area contributed by atoms with Crippen molar-refractivity contribution in [1.29, 1.82) is 0 Å². The van der Waals surface area contributed by atoms with Crippen LogP contribution >= 0.6 is 0 Å². The van der Waals surface area contributed by atoms with Crippen LogP contribution in [0.1, 0.15) is 38.8 Å². The van der Waals surface area contributed by atoms with Crippen molar-refractivity contribution < 1.29 is 19.4 Å². The van der Waals surface area contributed by atoms with Crippen molar-refractivity contribution in [1.82, 2.24) is 10.2 Å². The number of amides is 1. The molecule has 1 heterocycles. The molecule has 1 fully saturated rings. The second kappa shape index (κ2) is 7.00. The van der Waals surface area contributed by atoms with Gasteiger partial charge in [-0.15, -0.1) is 0 Å². The van der Waals surface area contributed by atoms with Crippen molar-refractivity contribution in [3.05, 3.63) is 35.9 Å². The number of likely N-dealkylation sites (tertiary alicyclic amines) is 1. The molecule has 0 aromatic heterocycles. The summed E-state index contributed by atoms with van der Waals surface area (Å²) in [6.45, 7) is 6.54. The van der Waals surface area contributed by atoms with E-state index >= 15 is 0 Å². The van der Waals surface area contributed by atoms with E-state index in [4.69, 9.17) is 4.74 Å². The average Bonchev–Trinajstić information content (AvgIpc) is 2.85. The fraction of sp³-hybridized carbons (Fsp3) is 0.529. The SMILES string of the molecule is CC(C)(C)OC(=O)N[C@@H]1CCN(C(C(=O)O)c2ccccc2)C1. The van der Waals surface area contributed by atoms with E-state index in [0.29, 0.717) is 19.5 Å². The van der Waals surface area contributed by atoms with E-state index < -0.39 is 23.7 Å². The number of alkyl carbamates (subject to hydrolysis) is 1. The van der Waals surface area contributed by atoms with Crippen molar-refractivity contribution in [2.45, 2.75) is 44.9 Å². The summed E-state index contributed by atoms with van der Waals surface area (Å²) in [6, 6.07) is 8.35. The Kier molecular flexibility index (Phi) is 5.26. The molecule has 2 atom stereocenters. The summed E-state index contributed by atoms with van der Waals surface area (Å²) >= 11 is 0. The van der Waals surface area contributed by atoms with Crippen molar-refractivity contribution >= 4 is 12.1 Å². The normalized spacial score (nSPS) is 20.0. The monoisotopic (exact) mass is 320 g/mol. The Morgan fingerprint density at radius 1 is 1.30 bits per heavy atom. The van der Waals surface area contributed by atoms with Crippen LogP contribution in [-0.4, -0.2) is 46.8 Å². The van der Waals surface area contributed by atoms with E-state index in [1.165, 1.54) is 0 Å². The van der Waals surface area contributed by atoms with E-state index in [-0.39, 0.29) is 6.04 Å². The highest BCUT2D eigenvalue weighted by Crippen LogP contribution is 2.25. The summed E-state index contributed by atoms with van der Waals surface area (Å²) < 4.78 is 5.24. The zero-order valence-electron chi connectivity index (χ0n) is 13.8. The van der Waals surface area contributed by atoms with Crippen molar-refractivity contribution in [2.24, 2.45) is 0 Å². The molecule has 0 radical (unpaired) electrons. The molecule has 6 heteroatoms. The summed E-state index contributed by atoms with van der Waals surface area (Å²) in [5.41, 5.74) is 0.202. The van der Waals surface area contributed by atoms with Gasteiger partial charge >= 0.3 is 12.1 Å². The maximum Gasteiger partial charge on any atom is 0.407 e. The van der Waals surface area contributed by atoms with Gasteiger partial charge in [0.1, 0.15) is 11.6 Å². The van der Waals surface area contributed by atoms with Crippen LogP contribution < -0.4 is 5.32 Å². The second-order valence-electron chi connectivity index (χ2n) is 6.78. The second-order valence-corrected chi connectivity index (χ2v) is 6.78. The van der Waals surface area contributed by atoms with E-state index in [2.05, 4.69) is 5.32 Å². The number of carboxylic acid groups (broad SMARTS) is 1. The molecule has 2 N–H and O–H groups in total. The van der Waals surface area contributed by atoms with Gasteiger partial charge in [-0.05, 0) is 32.8 Å². The number of carbonyl (C=O) groups is 2. The quantitative estimate of drug-likeness (QED) is 0.890. The lowest BCUT2D eigenvalue weighted by Gasteiger charge is -2.25. The van der Waals surface area contributed by atoms with Crippen LogP contribution in [-0.2, 0) is 9.53 Å². The molecule has 1 aliphatic heterocycles. The smallest absolute Gasteiger partial charge is 0.407 e. The van der Waals surface area contributed by atoms with Gasteiger partial charge in [0.25, 0.3) is 0 Å². The molecule has 1 saturated heterocycles. The van der Waals surface area contributed by atoms with E-state index in [1.807, 2.05) is 56.0 Å². The predicted molar refractivity (Wildman–Crippen MR) is 86.2 cm³/mol. The Balaban J connectivity index is 1.98. The van der Waals surface area contributed by atoms with Crippen molar-refractivity contribution in [2.75, 3.05) is 13.1 Å². The average molecular weight is 320 g/mol. The van der Waals surface area contributed by atoms with Crippen LogP contribution in [0, 0.1) is 0 Å². The van der Waals surface area contributed by atoms with Crippen molar-refractivity contribution in [3.63, 3.8) is 0 Å². The number of carbonyl (C=O) groups excluding carboxylic acids is 1. The Morgan fingerprint density at radius 2 is 1.96 bits per heavy atom. The lowest BCUT2D eigenvalue weighted by atomic mass is 10.1. The highest BCUT2D eigenvalue weighted by atomic mass is 16.6. The number of carboxylic acids is 1. The standard InChI is InChI=1S/C17H24N2O4/c1-17(2,3)23-16(22)18-13-9-10-19(11-13)14(15(20)21)12-7-5-4-6-8-12/h4-8,13-14H,9-11H2,1-3H3,(H,18,22)(H,20,21)/t13-,14?/m1/s1. The summed E-state index contributed by atoms with van der Waals surface area (Å²) in [6.07, 6.45) is 0.242. The topological polar surface area (TPSA) is 78.9 Å². The molecule has 2 rings (SSSR count). The first-order chi connectivity index (χ1) is 10.8. The first-order valence-electron chi connectivity index (χ1n) is 7.77. The van der Waals surface area contributed by atoms with Gasteiger partial charge in [-0.3, -0.25) is 9.69 Å². The Hall–Kier alpha value is -2.08. The zero-order valence-corrected chi connectivity index (χ0v) is 13.8. The molecule has 1 aromatic carbocycles.